The van der Waals surface area contributed by atoms with Gasteiger partial charge in [-0.1, -0.05) is 12.1 Å². The SMILES string of the molecule is O=C(O)COc1ccc(/C=C2/CCOc3ccc(F)cc3C2=O)cc1. The summed E-state index contributed by atoms with van der Waals surface area (Å²) in [6.45, 7) is -0.0887. The maximum atomic E-state index is 13.4. The fraction of sp³-hybridized carbons (Fsp3) is 0.158. The third kappa shape index (κ3) is 4.03. The lowest BCUT2D eigenvalue weighted by atomic mass is 9.99. The normalized spacial score (nSPS) is 15.2. The van der Waals surface area contributed by atoms with Gasteiger partial charge in [0.1, 0.15) is 17.3 Å². The van der Waals surface area contributed by atoms with Crippen molar-refractivity contribution >= 4 is 17.8 Å². The second kappa shape index (κ2) is 7.17. The van der Waals surface area contributed by atoms with E-state index in [9.17, 15) is 14.0 Å². The minimum absolute atomic E-state index is 0.213. The van der Waals surface area contributed by atoms with Crippen molar-refractivity contribution in [3.05, 3.63) is 65.0 Å². The van der Waals surface area contributed by atoms with Crippen molar-refractivity contribution in [2.24, 2.45) is 0 Å². The topological polar surface area (TPSA) is 72.8 Å². The number of carbonyl (C=O) groups excluding carboxylic acids is 1. The van der Waals surface area contributed by atoms with E-state index in [0.717, 1.165) is 5.56 Å². The summed E-state index contributed by atoms with van der Waals surface area (Å²) in [4.78, 5) is 23.1. The number of fused-ring (bicyclic) bond motifs is 1. The molecule has 25 heavy (non-hydrogen) atoms. The van der Waals surface area contributed by atoms with Crippen LogP contribution in [0.25, 0.3) is 6.08 Å². The highest BCUT2D eigenvalue weighted by Crippen LogP contribution is 2.28. The number of hydrogen-bond donors (Lipinski definition) is 1. The molecule has 0 aromatic heterocycles. The lowest BCUT2D eigenvalue weighted by Gasteiger charge is -2.05. The molecule has 0 bridgehead atoms. The zero-order valence-corrected chi connectivity index (χ0v) is 13.2. The molecule has 1 aliphatic heterocycles. The Morgan fingerprint density at radius 2 is 2.00 bits per heavy atom. The standard InChI is InChI=1S/C19H15FO5/c20-14-3-6-17-16(10-14)19(23)13(7-8-24-17)9-12-1-4-15(5-2-12)25-11-18(21)22/h1-6,9-10H,7-8,11H2,(H,21,22)/b13-9-. The molecule has 2 aromatic carbocycles. The van der Waals surface area contributed by atoms with Gasteiger partial charge in [-0.2, -0.15) is 0 Å². The lowest BCUT2D eigenvalue weighted by molar-refractivity contribution is -0.139. The van der Waals surface area contributed by atoms with Gasteiger partial charge in [-0.3, -0.25) is 4.79 Å². The first-order valence-electron chi connectivity index (χ1n) is 7.65. The summed E-state index contributed by atoms with van der Waals surface area (Å²) in [5, 5.41) is 8.59. The molecule has 0 spiro atoms. The van der Waals surface area contributed by atoms with Gasteiger partial charge < -0.3 is 14.6 Å². The predicted octanol–water partition coefficient (Wildman–Crippen LogP) is 3.34. The van der Waals surface area contributed by atoms with Gasteiger partial charge in [0.05, 0.1) is 12.2 Å². The van der Waals surface area contributed by atoms with Crippen molar-refractivity contribution in [2.75, 3.05) is 13.2 Å². The minimum atomic E-state index is -1.05. The number of halogens is 1. The molecule has 3 rings (SSSR count). The third-order valence-corrected chi connectivity index (χ3v) is 3.69. The Morgan fingerprint density at radius 3 is 2.72 bits per heavy atom. The second-order valence-electron chi connectivity index (χ2n) is 5.49. The number of carboxylic acid groups (broad SMARTS) is 1. The fourth-order valence-corrected chi connectivity index (χ4v) is 2.51. The summed E-state index contributed by atoms with van der Waals surface area (Å²) in [7, 11) is 0. The summed E-state index contributed by atoms with van der Waals surface area (Å²) >= 11 is 0. The number of rotatable bonds is 4. The Labute approximate surface area is 143 Å². The Hall–Kier alpha value is -3.15. The molecule has 0 fully saturated rings. The first-order valence-corrected chi connectivity index (χ1v) is 7.65. The molecule has 0 aliphatic carbocycles. The summed E-state index contributed by atoms with van der Waals surface area (Å²) in [5.74, 6) is -1.00. The zero-order chi connectivity index (χ0) is 17.8. The Morgan fingerprint density at radius 1 is 1.24 bits per heavy atom. The average molecular weight is 342 g/mol. The Balaban J connectivity index is 1.83. The minimum Gasteiger partial charge on any atom is -0.492 e. The van der Waals surface area contributed by atoms with Gasteiger partial charge in [0.2, 0.25) is 0 Å². The Bertz CT molecular complexity index is 839. The van der Waals surface area contributed by atoms with Crippen molar-refractivity contribution in [1.29, 1.82) is 0 Å². The van der Waals surface area contributed by atoms with E-state index in [2.05, 4.69) is 0 Å². The van der Waals surface area contributed by atoms with Crippen LogP contribution >= 0.6 is 0 Å². The predicted molar refractivity (Wildman–Crippen MR) is 88.4 cm³/mol. The highest BCUT2D eigenvalue weighted by Gasteiger charge is 2.21. The molecule has 0 saturated carbocycles. The number of ether oxygens (including phenoxy) is 2. The van der Waals surface area contributed by atoms with Crippen LogP contribution in [0.15, 0.2) is 48.0 Å². The van der Waals surface area contributed by atoms with Crippen LogP contribution in [0.2, 0.25) is 0 Å². The van der Waals surface area contributed by atoms with E-state index < -0.39 is 18.4 Å². The van der Waals surface area contributed by atoms with E-state index in [0.29, 0.717) is 30.1 Å². The van der Waals surface area contributed by atoms with E-state index in [1.807, 2.05) is 0 Å². The molecule has 128 valence electrons. The molecule has 1 heterocycles. The molecule has 0 unspecified atom stereocenters. The van der Waals surface area contributed by atoms with E-state index in [1.54, 1.807) is 30.3 Å². The quantitative estimate of drug-likeness (QED) is 0.863. The summed E-state index contributed by atoms with van der Waals surface area (Å²) in [6, 6.07) is 10.6. The average Bonchev–Trinajstić information content (AvgIpc) is 2.74. The van der Waals surface area contributed by atoms with Crippen LogP contribution in [0.4, 0.5) is 4.39 Å². The lowest BCUT2D eigenvalue weighted by Crippen LogP contribution is -2.09. The van der Waals surface area contributed by atoms with Gasteiger partial charge in [-0.25, -0.2) is 9.18 Å². The monoisotopic (exact) mass is 342 g/mol. The van der Waals surface area contributed by atoms with Crippen molar-refractivity contribution in [3.63, 3.8) is 0 Å². The van der Waals surface area contributed by atoms with E-state index >= 15 is 0 Å². The number of carbonyl (C=O) groups is 2. The van der Waals surface area contributed by atoms with Crippen molar-refractivity contribution in [1.82, 2.24) is 0 Å². The molecule has 6 heteroatoms. The maximum Gasteiger partial charge on any atom is 0.341 e. The molecule has 0 radical (unpaired) electrons. The molecule has 0 atom stereocenters. The van der Waals surface area contributed by atoms with E-state index in [4.69, 9.17) is 14.6 Å². The molecule has 1 aliphatic rings. The number of carboxylic acids is 1. The van der Waals surface area contributed by atoms with Gasteiger partial charge in [0, 0.05) is 12.0 Å². The van der Waals surface area contributed by atoms with Crippen LogP contribution in [0.1, 0.15) is 22.3 Å². The second-order valence-corrected chi connectivity index (χ2v) is 5.49. The molecule has 5 nitrogen and oxygen atoms in total. The third-order valence-electron chi connectivity index (χ3n) is 3.69. The highest BCUT2D eigenvalue weighted by molar-refractivity contribution is 6.13. The van der Waals surface area contributed by atoms with Gasteiger partial charge >= 0.3 is 5.97 Å². The molecule has 2 aromatic rings. The van der Waals surface area contributed by atoms with Crippen molar-refractivity contribution < 1.29 is 28.6 Å². The molecule has 1 N–H and O–H groups in total. The molecule has 0 saturated heterocycles. The number of benzene rings is 2. The smallest absolute Gasteiger partial charge is 0.341 e. The van der Waals surface area contributed by atoms with E-state index in [-0.39, 0.29) is 11.3 Å². The van der Waals surface area contributed by atoms with Crippen LogP contribution < -0.4 is 9.47 Å². The van der Waals surface area contributed by atoms with Crippen LogP contribution in [0.3, 0.4) is 0 Å². The maximum absolute atomic E-state index is 13.4. The largest absolute Gasteiger partial charge is 0.492 e. The number of ketones is 1. The van der Waals surface area contributed by atoms with Gasteiger partial charge in [0.15, 0.2) is 12.4 Å². The molecule has 0 amide bonds. The van der Waals surface area contributed by atoms with Crippen molar-refractivity contribution in [2.45, 2.75) is 6.42 Å². The number of hydrogen-bond acceptors (Lipinski definition) is 4. The van der Waals surface area contributed by atoms with Gasteiger partial charge in [-0.05, 0) is 42.0 Å². The van der Waals surface area contributed by atoms with Crippen LogP contribution in [-0.4, -0.2) is 30.1 Å². The van der Waals surface area contributed by atoms with Crippen LogP contribution in [0, 0.1) is 5.82 Å². The van der Waals surface area contributed by atoms with Gasteiger partial charge in [-0.15, -0.1) is 0 Å². The summed E-state index contributed by atoms with van der Waals surface area (Å²) in [6.07, 6.45) is 2.12. The summed E-state index contributed by atoms with van der Waals surface area (Å²) < 4.78 is 24.0. The Kier molecular flexibility index (Phi) is 4.79. The molecular weight excluding hydrogens is 327 g/mol. The number of Topliss-reactive ketones (excluding diaryl/α,β-unsaturated/α-hetero) is 1. The van der Waals surface area contributed by atoms with Gasteiger partial charge in [0.25, 0.3) is 0 Å². The van der Waals surface area contributed by atoms with E-state index in [1.165, 1.54) is 18.2 Å². The van der Waals surface area contributed by atoms with Crippen molar-refractivity contribution in [3.8, 4) is 11.5 Å². The van der Waals surface area contributed by atoms with Crippen LogP contribution in [0.5, 0.6) is 11.5 Å². The summed E-state index contributed by atoms with van der Waals surface area (Å²) in [5.41, 5.74) is 1.49. The first-order chi connectivity index (χ1) is 12.0. The number of aliphatic carboxylic acids is 1. The fourth-order valence-electron chi connectivity index (χ4n) is 2.51. The molecular formula is C19H15FO5. The zero-order valence-electron chi connectivity index (χ0n) is 13.2. The highest BCUT2D eigenvalue weighted by atomic mass is 19.1. The first kappa shape index (κ1) is 16.7. The van der Waals surface area contributed by atoms with Crippen LogP contribution in [-0.2, 0) is 4.79 Å².